The lowest BCUT2D eigenvalue weighted by Gasteiger charge is -2.40. The number of benzene rings is 2. The van der Waals surface area contributed by atoms with Gasteiger partial charge in [-0.05, 0) is 62.1 Å². The van der Waals surface area contributed by atoms with Crippen LogP contribution < -0.4 is 0 Å². The zero-order chi connectivity index (χ0) is 17.8. The van der Waals surface area contributed by atoms with Gasteiger partial charge in [0.05, 0.1) is 6.04 Å². The standard InChI is InChI=1S/C22H21ClN2O/c1-14-8-9-19-18(12-14)17-6-3-7-20-21(17)24(19)10-11-25(20)22(26)15-4-2-5-16(23)13-15/h2,4-5,8-9,12-13,20H,3,6-7,10-11H2,1H3/t20-/m0/s1. The van der Waals surface area contributed by atoms with Crippen LogP contribution >= 0.6 is 11.6 Å². The Labute approximate surface area is 158 Å². The fourth-order valence-corrected chi connectivity index (χ4v) is 4.94. The molecule has 0 radical (unpaired) electrons. The van der Waals surface area contributed by atoms with E-state index in [1.54, 1.807) is 6.07 Å². The van der Waals surface area contributed by atoms with Gasteiger partial charge in [-0.2, -0.15) is 0 Å². The molecule has 0 fully saturated rings. The van der Waals surface area contributed by atoms with E-state index in [0.29, 0.717) is 10.6 Å². The van der Waals surface area contributed by atoms with E-state index in [4.69, 9.17) is 11.6 Å². The number of carbonyl (C=O) groups excluding carboxylic acids is 1. The van der Waals surface area contributed by atoms with Crippen molar-refractivity contribution >= 4 is 28.4 Å². The van der Waals surface area contributed by atoms with Crippen molar-refractivity contribution in [2.45, 2.75) is 38.8 Å². The maximum absolute atomic E-state index is 13.2. The second kappa shape index (κ2) is 5.88. The Balaban J connectivity index is 1.62. The number of amides is 1. The number of fused-ring (bicyclic) bond motifs is 3. The average Bonchev–Trinajstić information content (AvgIpc) is 2.97. The quantitative estimate of drug-likeness (QED) is 0.587. The molecule has 5 rings (SSSR count). The summed E-state index contributed by atoms with van der Waals surface area (Å²) in [5.41, 5.74) is 6.11. The molecule has 3 nitrogen and oxygen atoms in total. The van der Waals surface area contributed by atoms with Crippen molar-refractivity contribution in [1.29, 1.82) is 0 Å². The average molecular weight is 365 g/mol. The number of aryl methyl sites for hydroxylation is 2. The van der Waals surface area contributed by atoms with E-state index in [1.165, 1.54) is 27.7 Å². The van der Waals surface area contributed by atoms with Gasteiger partial charge in [0.1, 0.15) is 0 Å². The van der Waals surface area contributed by atoms with Crippen molar-refractivity contribution in [3.63, 3.8) is 0 Å². The van der Waals surface area contributed by atoms with Crippen LogP contribution in [-0.2, 0) is 13.0 Å². The van der Waals surface area contributed by atoms with Crippen molar-refractivity contribution in [3.05, 3.63) is 69.9 Å². The van der Waals surface area contributed by atoms with Gasteiger partial charge in [-0.15, -0.1) is 0 Å². The molecule has 0 bridgehead atoms. The van der Waals surface area contributed by atoms with E-state index in [-0.39, 0.29) is 11.9 Å². The van der Waals surface area contributed by atoms with E-state index < -0.39 is 0 Å². The molecule has 0 unspecified atom stereocenters. The van der Waals surface area contributed by atoms with Gasteiger partial charge in [-0.1, -0.05) is 29.3 Å². The number of aromatic nitrogens is 1. The van der Waals surface area contributed by atoms with Crippen LogP contribution in [0.1, 0.15) is 46.1 Å². The molecule has 4 heteroatoms. The van der Waals surface area contributed by atoms with Crippen molar-refractivity contribution in [2.24, 2.45) is 0 Å². The summed E-state index contributed by atoms with van der Waals surface area (Å²) in [6.45, 7) is 3.76. The molecule has 1 aliphatic heterocycles. The summed E-state index contributed by atoms with van der Waals surface area (Å²) in [5, 5.41) is 1.99. The Morgan fingerprint density at radius 1 is 1.15 bits per heavy atom. The highest BCUT2D eigenvalue weighted by atomic mass is 35.5. The lowest BCUT2D eigenvalue weighted by molar-refractivity contribution is 0.0601. The van der Waals surface area contributed by atoms with Gasteiger partial charge in [-0.25, -0.2) is 0 Å². The van der Waals surface area contributed by atoms with Crippen LogP contribution in [0.4, 0.5) is 0 Å². The maximum Gasteiger partial charge on any atom is 0.254 e. The molecule has 26 heavy (non-hydrogen) atoms. The summed E-state index contributed by atoms with van der Waals surface area (Å²) >= 11 is 6.11. The third-order valence-electron chi connectivity index (χ3n) is 5.86. The molecule has 132 valence electrons. The third kappa shape index (κ3) is 2.30. The summed E-state index contributed by atoms with van der Waals surface area (Å²) in [6, 6.07) is 14.2. The van der Waals surface area contributed by atoms with Gasteiger partial charge >= 0.3 is 0 Å². The second-order valence-electron chi connectivity index (χ2n) is 7.45. The van der Waals surface area contributed by atoms with Crippen LogP contribution in [0.25, 0.3) is 10.9 Å². The van der Waals surface area contributed by atoms with Crippen molar-refractivity contribution in [2.75, 3.05) is 6.54 Å². The highest BCUT2D eigenvalue weighted by Crippen LogP contribution is 2.43. The summed E-state index contributed by atoms with van der Waals surface area (Å²) < 4.78 is 2.45. The monoisotopic (exact) mass is 364 g/mol. The Morgan fingerprint density at radius 2 is 2.04 bits per heavy atom. The molecule has 1 aliphatic carbocycles. The number of nitrogens with zero attached hydrogens (tertiary/aromatic N) is 2. The van der Waals surface area contributed by atoms with E-state index in [0.717, 1.165) is 32.4 Å². The molecule has 2 aliphatic rings. The minimum atomic E-state index is 0.0954. The highest BCUT2D eigenvalue weighted by Gasteiger charge is 2.37. The molecule has 1 atom stereocenters. The molecule has 0 spiro atoms. The lowest BCUT2D eigenvalue weighted by Crippen LogP contribution is -2.43. The molecule has 3 aromatic rings. The van der Waals surface area contributed by atoms with Crippen LogP contribution in [0.3, 0.4) is 0 Å². The van der Waals surface area contributed by atoms with Gasteiger partial charge in [0, 0.05) is 40.3 Å². The minimum absolute atomic E-state index is 0.0954. The molecule has 1 aromatic heterocycles. The van der Waals surface area contributed by atoms with Crippen molar-refractivity contribution in [1.82, 2.24) is 9.47 Å². The summed E-state index contributed by atoms with van der Waals surface area (Å²) in [5.74, 6) is 0.0954. The molecular formula is C22H21ClN2O. The van der Waals surface area contributed by atoms with Crippen LogP contribution in [0.5, 0.6) is 0 Å². The summed E-state index contributed by atoms with van der Waals surface area (Å²) in [6.07, 6.45) is 3.27. The van der Waals surface area contributed by atoms with Crippen LogP contribution in [-0.4, -0.2) is 21.9 Å². The molecule has 1 amide bonds. The predicted molar refractivity (Wildman–Crippen MR) is 105 cm³/mol. The highest BCUT2D eigenvalue weighted by molar-refractivity contribution is 6.30. The first-order chi connectivity index (χ1) is 12.6. The number of rotatable bonds is 1. The maximum atomic E-state index is 13.2. The fraction of sp³-hybridized carbons (Fsp3) is 0.318. The smallest absolute Gasteiger partial charge is 0.254 e. The Bertz CT molecular complexity index is 1040. The molecule has 2 aromatic carbocycles. The minimum Gasteiger partial charge on any atom is -0.341 e. The third-order valence-corrected chi connectivity index (χ3v) is 6.10. The first-order valence-electron chi connectivity index (χ1n) is 9.31. The van der Waals surface area contributed by atoms with Crippen molar-refractivity contribution < 1.29 is 4.79 Å². The zero-order valence-corrected chi connectivity index (χ0v) is 15.6. The molecule has 2 heterocycles. The fourth-order valence-electron chi connectivity index (χ4n) is 4.75. The molecule has 0 N–H and O–H groups in total. The van der Waals surface area contributed by atoms with Crippen LogP contribution in [0.15, 0.2) is 42.5 Å². The Kier molecular flexibility index (Phi) is 3.61. The summed E-state index contributed by atoms with van der Waals surface area (Å²) in [4.78, 5) is 15.3. The Hall–Kier alpha value is -2.26. The van der Waals surface area contributed by atoms with Gasteiger partial charge in [-0.3, -0.25) is 4.79 Å². The van der Waals surface area contributed by atoms with Gasteiger partial charge in [0.15, 0.2) is 0 Å². The van der Waals surface area contributed by atoms with Crippen LogP contribution in [0.2, 0.25) is 5.02 Å². The number of carbonyl (C=O) groups is 1. The lowest BCUT2D eigenvalue weighted by atomic mass is 9.89. The van der Waals surface area contributed by atoms with Crippen LogP contribution in [0, 0.1) is 6.92 Å². The van der Waals surface area contributed by atoms with E-state index in [2.05, 4.69) is 34.6 Å². The zero-order valence-electron chi connectivity index (χ0n) is 14.8. The van der Waals surface area contributed by atoms with E-state index >= 15 is 0 Å². The van der Waals surface area contributed by atoms with Gasteiger partial charge in [0.2, 0.25) is 0 Å². The number of hydrogen-bond donors (Lipinski definition) is 0. The van der Waals surface area contributed by atoms with Crippen molar-refractivity contribution in [3.8, 4) is 0 Å². The molecular weight excluding hydrogens is 344 g/mol. The number of halogens is 1. The molecule has 0 saturated carbocycles. The SMILES string of the molecule is Cc1ccc2c(c1)c1c3n2CCN(C(=O)c2cccc(Cl)c2)[C@H]3CCC1. The Morgan fingerprint density at radius 3 is 2.88 bits per heavy atom. The first kappa shape index (κ1) is 16.0. The predicted octanol–water partition coefficient (Wildman–Crippen LogP) is 5.14. The summed E-state index contributed by atoms with van der Waals surface area (Å²) in [7, 11) is 0. The van der Waals surface area contributed by atoms with E-state index in [9.17, 15) is 4.79 Å². The topological polar surface area (TPSA) is 25.2 Å². The van der Waals surface area contributed by atoms with E-state index in [1.807, 2.05) is 18.2 Å². The van der Waals surface area contributed by atoms with Gasteiger partial charge in [0.25, 0.3) is 5.91 Å². The molecule has 0 saturated heterocycles. The number of hydrogen-bond acceptors (Lipinski definition) is 1. The second-order valence-corrected chi connectivity index (χ2v) is 7.89. The normalized spacial score (nSPS) is 18.8. The first-order valence-corrected chi connectivity index (χ1v) is 9.69. The largest absolute Gasteiger partial charge is 0.341 e. The van der Waals surface area contributed by atoms with Gasteiger partial charge < -0.3 is 9.47 Å².